The van der Waals surface area contributed by atoms with Crippen LogP contribution in [0.15, 0.2) is 34.5 Å². The number of thiophene rings is 1. The fourth-order valence-electron chi connectivity index (χ4n) is 3.71. The number of ether oxygens (including phenoxy) is 2. The second-order valence-corrected chi connectivity index (χ2v) is 11.1. The molecule has 1 saturated heterocycles. The molecule has 3 rings (SSSR count). The first-order chi connectivity index (χ1) is 15.1. The van der Waals surface area contributed by atoms with Crippen LogP contribution in [0.5, 0.6) is 11.5 Å². The first-order valence-electron chi connectivity index (χ1n) is 10.0. The maximum atomic E-state index is 13.0. The van der Waals surface area contributed by atoms with Gasteiger partial charge in [0.05, 0.1) is 13.0 Å². The smallest absolute Gasteiger partial charge is 0.387 e. The second kappa shape index (κ2) is 10.1. The molecule has 1 atom stereocenters. The Kier molecular flexibility index (Phi) is 7.73. The van der Waals surface area contributed by atoms with Crippen LogP contribution >= 0.6 is 11.3 Å². The van der Waals surface area contributed by atoms with E-state index < -0.39 is 22.6 Å². The van der Waals surface area contributed by atoms with Crippen molar-refractivity contribution in [1.29, 1.82) is 0 Å². The van der Waals surface area contributed by atoms with Gasteiger partial charge in [-0.2, -0.15) is 13.1 Å². The Hall–Kier alpha value is -2.24. The fourth-order valence-corrected chi connectivity index (χ4v) is 6.67. The van der Waals surface area contributed by atoms with Crippen LogP contribution in [0.1, 0.15) is 23.3 Å². The van der Waals surface area contributed by atoms with Gasteiger partial charge in [-0.1, -0.05) is 6.07 Å². The predicted octanol–water partition coefficient (Wildman–Crippen LogP) is 3.73. The molecule has 1 unspecified atom stereocenters. The van der Waals surface area contributed by atoms with Gasteiger partial charge in [-0.3, -0.25) is 4.79 Å². The minimum atomic E-state index is -3.63. The Morgan fingerprint density at radius 1 is 1.28 bits per heavy atom. The molecule has 32 heavy (non-hydrogen) atoms. The van der Waals surface area contributed by atoms with Gasteiger partial charge >= 0.3 is 6.61 Å². The highest BCUT2D eigenvalue weighted by atomic mass is 32.2. The van der Waals surface area contributed by atoms with Crippen LogP contribution in [0, 0.1) is 12.8 Å². The quantitative estimate of drug-likeness (QED) is 0.566. The standard InChI is InChI=1S/C21H26F2N2O5S2/c1-14-6-9-19(31-14)32(27,28)25-10-4-5-16(13-25)20(26)24(2)12-15-7-8-17(30-21(22)23)18(11-15)29-3/h6-9,11,16,21H,4-5,10,12-13H2,1-3H3. The van der Waals surface area contributed by atoms with Crippen molar-refractivity contribution < 1.29 is 31.5 Å². The first-order valence-corrected chi connectivity index (χ1v) is 12.3. The van der Waals surface area contributed by atoms with Crippen LogP contribution in [0.4, 0.5) is 8.78 Å². The van der Waals surface area contributed by atoms with Crippen molar-refractivity contribution in [2.75, 3.05) is 27.2 Å². The minimum absolute atomic E-state index is 0.0860. The molecule has 176 valence electrons. The molecule has 2 aromatic rings. The van der Waals surface area contributed by atoms with Crippen molar-refractivity contribution >= 4 is 27.3 Å². The van der Waals surface area contributed by atoms with E-state index in [2.05, 4.69) is 4.74 Å². The Morgan fingerprint density at radius 3 is 2.66 bits per heavy atom. The van der Waals surface area contributed by atoms with Crippen molar-refractivity contribution in [2.24, 2.45) is 5.92 Å². The number of hydrogen-bond donors (Lipinski definition) is 0. The van der Waals surface area contributed by atoms with E-state index in [1.807, 2.05) is 6.92 Å². The van der Waals surface area contributed by atoms with Gasteiger partial charge in [-0.05, 0) is 49.6 Å². The van der Waals surface area contributed by atoms with E-state index in [1.54, 1.807) is 25.2 Å². The molecular formula is C21H26F2N2O5S2. The number of hydrogen-bond acceptors (Lipinski definition) is 6. The molecule has 1 aromatic heterocycles. The monoisotopic (exact) mass is 488 g/mol. The number of alkyl halides is 2. The molecule has 0 aliphatic carbocycles. The Balaban J connectivity index is 1.68. The lowest BCUT2D eigenvalue weighted by molar-refractivity contribution is -0.135. The van der Waals surface area contributed by atoms with Crippen LogP contribution in [0.25, 0.3) is 0 Å². The minimum Gasteiger partial charge on any atom is -0.493 e. The summed E-state index contributed by atoms with van der Waals surface area (Å²) in [6.45, 7) is -0.384. The summed E-state index contributed by atoms with van der Waals surface area (Å²) >= 11 is 1.22. The lowest BCUT2D eigenvalue weighted by Crippen LogP contribution is -2.45. The average molecular weight is 489 g/mol. The van der Waals surface area contributed by atoms with Gasteiger partial charge in [0.25, 0.3) is 10.0 Å². The molecule has 0 saturated carbocycles. The molecule has 1 aromatic carbocycles. The first kappa shape index (κ1) is 24.4. The van der Waals surface area contributed by atoms with Crippen molar-refractivity contribution in [3.63, 3.8) is 0 Å². The van der Waals surface area contributed by atoms with E-state index in [0.29, 0.717) is 24.9 Å². The summed E-state index contributed by atoms with van der Waals surface area (Å²) in [6, 6.07) is 7.86. The zero-order chi connectivity index (χ0) is 23.5. The molecule has 0 spiro atoms. The number of piperidine rings is 1. The van der Waals surface area contributed by atoms with Crippen molar-refractivity contribution in [3.8, 4) is 11.5 Å². The molecule has 1 fully saturated rings. The van der Waals surface area contributed by atoms with Crippen molar-refractivity contribution in [3.05, 3.63) is 40.8 Å². The highest BCUT2D eigenvalue weighted by molar-refractivity contribution is 7.91. The van der Waals surface area contributed by atoms with E-state index >= 15 is 0 Å². The SMILES string of the molecule is COc1cc(CN(C)C(=O)C2CCCN(S(=O)(=O)c3ccc(C)s3)C2)ccc1OC(F)F. The molecule has 11 heteroatoms. The zero-order valence-electron chi connectivity index (χ0n) is 18.1. The van der Waals surface area contributed by atoms with Crippen LogP contribution in [0.2, 0.25) is 0 Å². The summed E-state index contributed by atoms with van der Waals surface area (Å²) < 4.78 is 62.1. The van der Waals surface area contributed by atoms with Crippen LogP contribution in [-0.4, -0.2) is 57.4 Å². The molecule has 7 nitrogen and oxygen atoms in total. The molecule has 0 radical (unpaired) electrons. The molecule has 2 heterocycles. The number of benzene rings is 1. The normalized spacial score (nSPS) is 17.4. The number of carbonyl (C=O) groups excluding carboxylic acids is 1. The lowest BCUT2D eigenvalue weighted by Gasteiger charge is -2.33. The van der Waals surface area contributed by atoms with Crippen molar-refractivity contribution in [1.82, 2.24) is 9.21 Å². The third-order valence-corrected chi connectivity index (χ3v) is 8.62. The van der Waals surface area contributed by atoms with Crippen LogP contribution < -0.4 is 9.47 Å². The number of carbonyl (C=O) groups is 1. The van der Waals surface area contributed by atoms with Gasteiger partial charge in [0, 0.05) is 31.6 Å². The molecular weight excluding hydrogens is 462 g/mol. The Labute approximate surface area is 190 Å². The third-order valence-electron chi connectivity index (χ3n) is 5.28. The molecule has 1 aliphatic rings. The number of rotatable bonds is 8. The number of halogens is 2. The van der Waals surface area contributed by atoms with E-state index in [0.717, 1.165) is 4.88 Å². The van der Waals surface area contributed by atoms with Gasteiger partial charge in [0.1, 0.15) is 4.21 Å². The summed E-state index contributed by atoms with van der Waals surface area (Å²) in [5, 5.41) is 0. The molecule has 0 N–H and O–H groups in total. The predicted molar refractivity (Wildman–Crippen MR) is 117 cm³/mol. The maximum absolute atomic E-state index is 13.0. The molecule has 1 aliphatic heterocycles. The van der Waals surface area contributed by atoms with Gasteiger partial charge < -0.3 is 14.4 Å². The number of sulfonamides is 1. The van der Waals surface area contributed by atoms with Crippen LogP contribution in [-0.2, 0) is 21.4 Å². The number of methoxy groups -OCH3 is 1. The van der Waals surface area contributed by atoms with Gasteiger partial charge in [0.2, 0.25) is 5.91 Å². The third kappa shape index (κ3) is 5.57. The topological polar surface area (TPSA) is 76.2 Å². The van der Waals surface area contributed by atoms with Crippen LogP contribution in [0.3, 0.4) is 0 Å². The fraction of sp³-hybridized carbons (Fsp3) is 0.476. The zero-order valence-corrected chi connectivity index (χ0v) is 19.7. The Bertz CT molecular complexity index is 1060. The van der Waals surface area contributed by atoms with Gasteiger partial charge in [0.15, 0.2) is 11.5 Å². The van der Waals surface area contributed by atoms with Crippen molar-refractivity contribution in [2.45, 2.75) is 37.1 Å². The summed E-state index contributed by atoms with van der Waals surface area (Å²) in [6.07, 6.45) is 1.20. The Morgan fingerprint density at radius 2 is 2.03 bits per heavy atom. The summed E-state index contributed by atoms with van der Waals surface area (Å²) in [5.74, 6) is -0.561. The lowest BCUT2D eigenvalue weighted by atomic mass is 9.98. The van der Waals surface area contributed by atoms with Gasteiger partial charge in [-0.15, -0.1) is 11.3 Å². The van der Waals surface area contributed by atoms with E-state index in [9.17, 15) is 22.0 Å². The maximum Gasteiger partial charge on any atom is 0.387 e. The number of aryl methyl sites for hydroxylation is 1. The highest BCUT2D eigenvalue weighted by Crippen LogP contribution is 2.31. The molecule has 0 bridgehead atoms. The summed E-state index contributed by atoms with van der Waals surface area (Å²) in [4.78, 5) is 15.5. The number of amides is 1. The number of nitrogens with zero attached hydrogens (tertiary/aromatic N) is 2. The molecule has 1 amide bonds. The van der Waals surface area contributed by atoms with Gasteiger partial charge in [-0.25, -0.2) is 8.42 Å². The summed E-state index contributed by atoms with van der Waals surface area (Å²) in [5.41, 5.74) is 0.675. The van der Waals surface area contributed by atoms with E-state index in [4.69, 9.17) is 4.74 Å². The largest absolute Gasteiger partial charge is 0.493 e. The average Bonchev–Trinajstić information content (AvgIpc) is 3.21. The van der Waals surface area contributed by atoms with E-state index in [1.165, 1.54) is 39.8 Å². The van der Waals surface area contributed by atoms with E-state index in [-0.39, 0.29) is 34.7 Å². The highest BCUT2D eigenvalue weighted by Gasteiger charge is 2.35. The second-order valence-electron chi connectivity index (χ2n) is 7.63. The summed E-state index contributed by atoms with van der Waals surface area (Å²) in [7, 11) is -0.648.